The zero-order valence-electron chi connectivity index (χ0n) is 5.71. The van der Waals surface area contributed by atoms with Gasteiger partial charge in [0.15, 0.2) is 6.39 Å². The van der Waals surface area contributed by atoms with Gasteiger partial charge in [0.05, 0.1) is 5.69 Å². The van der Waals surface area contributed by atoms with Crippen LogP contribution in [0, 0.1) is 0 Å². The Balaban J connectivity index is 2.15. The third-order valence-electron chi connectivity index (χ3n) is 1.11. The van der Waals surface area contributed by atoms with Crippen LogP contribution in [-0.4, -0.2) is 18.1 Å². The third-order valence-corrected chi connectivity index (χ3v) is 1.11. The molecule has 0 atom stereocenters. The highest BCUT2D eigenvalue weighted by Crippen LogP contribution is 1.91. The minimum absolute atomic E-state index is 0.651. The van der Waals surface area contributed by atoms with Crippen molar-refractivity contribution in [2.24, 2.45) is 5.73 Å². The molecular weight excluding hydrogens is 130 g/mol. The van der Waals surface area contributed by atoms with Gasteiger partial charge in [-0.3, -0.25) is 0 Å². The van der Waals surface area contributed by atoms with Crippen LogP contribution in [0.5, 0.6) is 0 Å². The quantitative estimate of drug-likeness (QED) is 0.566. The fourth-order valence-electron chi connectivity index (χ4n) is 0.643. The molecule has 1 rings (SSSR count). The van der Waals surface area contributed by atoms with Gasteiger partial charge in [0.1, 0.15) is 6.26 Å². The molecule has 0 aromatic carbocycles. The first-order chi connectivity index (χ1) is 4.93. The van der Waals surface area contributed by atoms with Gasteiger partial charge in [-0.15, -0.1) is 0 Å². The van der Waals surface area contributed by atoms with Gasteiger partial charge in [-0.05, 0) is 0 Å². The molecule has 0 radical (unpaired) electrons. The summed E-state index contributed by atoms with van der Waals surface area (Å²) < 4.78 is 4.76. The Kier molecular flexibility index (Phi) is 2.92. The summed E-state index contributed by atoms with van der Waals surface area (Å²) in [6, 6.07) is 0. The molecule has 10 heavy (non-hydrogen) atoms. The fourth-order valence-corrected chi connectivity index (χ4v) is 0.643. The third kappa shape index (κ3) is 2.16. The Hall–Kier alpha value is -0.870. The van der Waals surface area contributed by atoms with Gasteiger partial charge in [0, 0.05) is 19.6 Å². The molecule has 0 aliphatic carbocycles. The Labute approximate surface area is 59.4 Å². The predicted molar refractivity (Wildman–Crippen MR) is 37.3 cm³/mol. The smallest absolute Gasteiger partial charge is 0.180 e. The molecule has 56 valence electrons. The summed E-state index contributed by atoms with van der Waals surface area (Å²) in [5.74, 6) is 0. The van der Waals surface area contributed by atoms with Crippen LogP contribution in [-0.2, 0) is 6.54 Å². The van der Waals surface area contributed by atoms with E-state index in [4.69, 9.17) is 10.2 Å². The van der Waals surface area contributed by atoms with E-state index in [-0.39, 0.29) is 0 Å². The van der Waals surface area contributed by atoms with Crippen LogP contribution in [0.2, 0.25) is 0 Å². The van der Waals surface area contributed by atoms with Crippen LogP contribution in [0.15, 0.2) is 17.1 Å². The van der Waals surface area contributed by atoms with E-state index in [1.54, 1.807) is 6.26 Å². The monoisotopic (exact) mass is 141 g/mol. The Morgan fingerprint density at radius 3 is 3.20 bits per heavy atom. The van der Waals surface area contributed by atoms with Crippen molar-refractivity contribution in [1.82, 2.24) is 10.3 Å². The zero-order valence-corrected chi connectivity index (χ0v) is 5.71. The van der Waals surface area contributed by atoms with Crippen LogP contribution in [0.1, 0.15) is 5.69 Å². The molecule has 0 spiro atoms. The van der Waals surface area contributed by atoms with Crippen molar-refractivity contribution in [3.63, 3.8) is 0 Å². The molecular formula is C6H11N3O. The molecule has 0 saturated heterocycles. The van der Waals surface area contributed by atoms with Gasteiger partial charge in [-0.25, -0.2) is 4.98 Å². The standard InChI is InChI=1S/C6H11N3O/c7-1-2-8-3-6-4-10-5-9-6/h4-5,8H,1-3,7H2. The first kappa shape index (κ1) is 7.24. The van der Waals surface area contributed by atoms with Gasteiger partial charge in [-0.1, -0.05) is 0 Å². The SMILES string of the molecule is NCCNCc1cocn1. The Morgan fingerprint density at radius 2 is 2.60 bits per heavy atom. The molecule has 3 N–H and O–H groups in total. The highest BCUT2D eigenvalue weighted by atomic mass is 16.3. The normalized spacial score (nSPS) is 10.1. The summed E-state index contributed by atoms with van der Waals surface area (Å²) in [7, 11) is 0. The van der Waals surface area contributed by atoms with E-state index in [9.17, 15) is 0 Å². The molecule has 4 nitrogen and oxygen atoms in total. The maximum atomic E-state index is 5.26. The summed E-state index contributed by atoms with van der Waals surface area (Å²) in [5, 5.41) is 3.09. The molecule has 0 aliphatic rings. The van der Waals surface area contributed by atoms with E-state index in [2.05, 4.69) is 10.3 Å². The van der Waals surface area contributed by atoms with E-state index in [1.807, 2.05) is 0 Å². The number of aromatic nitrogens is 1. The van der Waals surface area contributed by atoms with E-state index < -0.39 is 0 Å². The Morgan fingerprint density at radius 1 is 1.70 bits per heavy atom. The lowest BCUT2D eigenvalue weighted by Gasteiger charge is -1.96. The number of hydrogen-bond donors (Lipinski definition) is 2. The minimum Gasteiger partial charge on any atom is -0.451 e. The lowest BCUT2D eigenvalue weighted by Crippen LogP contribution is -2.21. The van der Waals surface area contributed by atoms with Gasteiger partial charge in [-0.2, -0.15) is 0 Å². The van der Waals surface area contributed by atoms with Gasteiger partial charge in [0.25, 0.3) is 0 Å². The first-order valence-corrected chi connectivity index (χ1v) is 3.21. The second-order valence-corrected chi connectivity index (χ2v) is 1.95. The average molecular weight is 141 g/mol. The van der Waals surface area contributed by atoms with Crippen molar-refractivity contribution in [3.8, 4) is 0 Å². The molecule has 0 fully saturated rings. The molecule has 0 amide bonds. The average Bonchev–Trinajstić information content (AvgIpc) is 2.41. The number of nitrogens with one attached hydrogen (secondary N) is 1. The van der Waals surface area contributed by atoms with Crippen molar-refractivity contribution >= 4 is 0 Å². The van der Waals surface area contributed by atoms with Gasteiger partial charge < -0.3 is 15.5 Å². The van der Waals surface area contributed by atoms with Crippen molar-refractivity contribution in [3.05, 3.63) is 18.4 Å². The first-order valence-electron chi connectivity index (χ1n) is 3.21. The lowest BCUT2D eigenvalue weighted by atomic mass is 10.5. The molecule has 0 aliphatic heterocycles. The highest BCUT2D eigenvalue weighted by Gasteiger charge is 1.92. The van der Waals surface area contributed by atoms with Crippen LogP contribution in [0.3, 0.4) is 0 Å². The van der Waals surface area contributed by atoms with Crippen molar-refractivity contribution in [1.29, 1.82) is 0 Å². The number of nitrogens with two attached hydrogens (primary N) is 1. The maximum absolute atomic E-state index is 5.26. The van der Waals surface area contributed by atoms with Crippen LogP contribution in [0.4, 0.5) is 0 Å². The topological polar surface area (TPSA) is 64.1 Å². The van der Waals surface area contributed by atoms with Crippen molar-refractivity contribution in [2.45, 2.75) is 6.54 Å². The highest BCUT2D eigenvalue weighted by molar-refractivity contribution is 4.89. The second-order valence-electron chi connectivity index (χ2n) is 1.95. The van der Waals surface area contributed by atoms with Crippen LogP contribution < -0.4 is 11.1 Å². The Bertz CT molecular complexity index is 162. The van der Waals surface area contributed by atoms with E-state index in [1.165, 1.54) is 6.39 Å². The van der Waals surface area contributed by atoms with Gasteiger partial charge >= 0.3 is 0 Å². The fraction of sp³-hybridized carbons (Fsp3) is 0.500. The van der Waals surface area contributed by atoms with Crippen molar-refractivity contribution < 1.29 is 4.42 Å². The number of hydrogen-bond acceptors (Lipinski definition) is 4. The van der Waals surface area contributed by atoms with Crippen LogP contribution in [0.25, 0.3) is 0 Å². The van der Waals surface area contributed by atoms with E-state index >= 15 is 0 Å². The number of nitrogens with zero attached hydrogens (tertiary/aromatic N) is 1. The largest absolute Gasteiger partial charge is 0.451 e. The zero-order chi connectivity index (χ0) is 7.23. The maximum Gasteiger partial charge on any atom is 0.180 e. The molecule has 4 heteroatoms. The molecule has 0 bridgehead atoms. The second kappa shape index (κ2) is 4.03. The van der Waals surface area contributed by atoms with Gasteiger partial charge in [0.2, 0.25) is 0 Å². The summed E-state index contributed by atoms with van der Waals surface area (Å²) in [6.07, 6.45) is 3.03. The molecule has 0 saturated carbocycles. The summed E-state index contributed by atoms with van der Waals surface area (Å²) >= 11 is 0. The van der Waals surface area contributed by atoms with Crippen molar-refractivity contribution in [2.75, 3.05) is 13.1 Å². The number of oxazole rings is 1. The summed E-state index contributed by atoms with van der Waals surface area (Å²) in [6.45, 7) is 2.19. The van der Waals surface area contributed by atoms with E-state index in [0.717, 1.165) is 18.8 Å². The predicted octanol–water partition coefficient (Wildman–Crippen LogP) is -0.277. The summed E-state index contributed by atoms with van der Waals surface area (Å²) in [4.78, 5) is 3.92. The molecule has 0 unspecified atom stereocenters. The van der Waals surface area contributed by atoms with Crippen LogP contribution >= 0.6 is 0 Å². The number of rotatable bonds is 4. The minimum atomic E-state index is 0.651. The molecule has 1 aromatic rings. The van der Waals surface area contributed by atoms with E-state index in [0.29, 0.717) is 6.54 Å². The lowest BCUT2D eigenvalue weighted by molar-refractivity contribution is 0.554. The summed E-state index contributed by atoms with van der Waals surface area (Å²) in [5.41, 5.74) is 6.17. The molecule has 1 heterocycles. The molecule has 1 aromatic heterocycles.